The van der Waals surface area contributed by atoms with E-state index in [4.69, 9.17) is 17.3 Å². The summed E-state index contributed by atoms with van der Waals surface area (Å²) in [6.45, 7) is 3.80. The molecular formula is C12H16Cl2N2O. The number of aryl methyl sites for hydroxylation is 1. The third kappa shape index (κ3) is 6.19. The van der Waals surface area contributed by atoms with Gasteiger partial charge in [0.2, 0.25) is 5.91 Å². The van der Waals surface area contributed by atoms with Gasteiger partial charge in [0.1, 0.15) is 0 Å². The van der Waals surface area contributed by atoms with Crippen LogP contribution in [0.2, 0.25) is 0 Å². The van der Waals surface area contributed by atoms with Crippen LogP contribution < -0.4 is 11.1 Å². The van der Waals surface area contributed by atoms with Crippen molar-refractivity contribution < 1.29 is 4.79 Å². The Morgan fingerprint density at radius 1 is 1.41 bits per heavy atom. The van der Waals surface area contributed by atoms with Gasteiger partial charge in [-0.15, -0.1) is 12.4 Å². The third-order valence-corrected chi connectivity index (χ3v) is 2.29. The zero-order valence-electron chi connectivity index (χ0n) is 9.41. The lowest BCUT2D eigenvalue weighted by Gasteiger charge is -2.06. The first-order chi connectivity index (χ1) is 7.59. The highest BCUT2D eigenvalue weighted by Gasteiger charge is 2.03. The van der Waals surface area contributed by atoms with Crippen LogP contribution in [0.15, 0.2) is 35.9 Å². The lowest BCUT2D eigenvalue weighted by molar-refractivity contribution is -0.120. The van der Waals surface area contributed by atoms with E-state index in [0.717, 1.165) is 11.3 Å². The lowest BCUT2D eigenvalue weighted by Crippen LogP contribution is -2.24. The molecule has 0 aromatic heterocycles. The van der Waals surface area contributed by atoms with Crippen molar-refractivity contribution in [3.05, 3.63) is 41.4 Å². The highest BCUT2D eigenvalue weighted by atomic mass is 35.5. The zero-order valence-corrected chi connectivity index (χ0v) is 11.0. The molecule has 1 rings (SSSR count). The number of nitrogens with two attached hydrogens (primary N) is 1. The Balaban J connectivity index is 0.00000256. The highest BCUT2D eigenvalue weighted by Crippen LogP contribution is 2.12. The molecule has 0 fully saturated rings. The summed E-state index contributed by atoms with van der Waals surface area (Å²) in [4.78, 5) is 11.4. The smallest absolute Gasteiger partial charge is 0.220 e. The van der Waals surface area contributed by atoms with Crippen LogP contribution in [-0.2, 0) is 11.2 Å². The van der Waals surface area contributed by atoms with Crippen LogP contribution in [0.5, 0.6) is 0 Å². The second-order valence-corrected chi connectivity index (χ2v) is 4.03. The molecule has 0 spiro atoms. The summed E-state index contributed by atoms with van der Waals surface area (Å²) < 4.78 is 0. The van der Waals surface area contributed by atoms with E-state index in [-0.39, 0.29) is 18.3 Å². The molecule has 3 N–H and O–H groups in total. The summed E-state index contributed by atoms with van der Waals surface area (Å²) >= 11 is 5.54. The number of nitrogen functional groups attached to an aromatic ring is 1. The number of para-hydroxylation sites is 1. The predicted octanol–water partition coefficient (Wildman–Crippen LogP) is 2.49. The topological polar surface area (TPSA) is 55.1 Å². The normalized spacial score (nSPS) is 9.24. The summed E-state index contributed by atoms with van der Waals surface area (Å²) in [5.41, 5.74) is 7.47. The van der Waals surface area contributed by atoms with Gasteiger partial charge in [-0.2, -0.15) is 0 Å². The maximum atomic E-state index is 11.4. The Kier molecular flexibility index (Phi) is 7.42. The molecule has 0 aliphatic carbocycles. The molecule has 1 aromatic carbocycles. The van der Waals surface area contributed by atoms with E-state index in [1.165, 1.54) is 0 Å². The standard InChI is InChI=1S/C12H15ClN2O.ClH/c1-9(13)8-15-12(16)7-6-10-4-2-3-5-11(10)14;/h2-5H,1,6-8,14H2,(H,15,16);1H. The molecule has 3 nitrogen and oxygen atoms in total. The van der Waals surface area contributed by atoms with E-state index in [2.05, 4.69) is 11.9 Å². The molecule has 1 aromatic rings. The van der Waals surface area contributed by atoms with E-state index in [0.29, 0.717) is 24.4 Å². The van der Waals surface area contributed by atoms with Crippen LogP contribution in [0, 0.1) is 0 Å². The van der Waals surface area contributed by atoms with Crippen LogP contribution in [0.4, 0.5) is 5.69 Å². The van der Waals surface area contributed by atoms with Gasteiger partial charge >= 0.3 is 0 Å². The molecule has 94 valence electrons. The molecule has 0 saturated heterocycles. The fourth-order valence-electron chi connectivity index (χ4n) is 1.29. The van der Waals surface area contributed by atoms with E-state index >= 15 is 0 Å². The van der Waals surface area contributed by atoms with E-state index in [1.54, 1.807) is 0 Å². The van der Waals surface area contributed by atoms with Crippen molar-refractivity contribution in [2.24, 2.45) is 0 Å². The molecule has 17 heavy (non-hydrogen) atoms. The Labute approximate surface area is 112 Å². The molecule has 0 unspecified atom stereocenters. The number of nitrogens with one attached hydrogen (secondary N) is 1. The first-order valence-corrected chi connectivity index (χ1v) is 5.40. The van der Waals surface area contributed by atoms with E-state index in [1.807, 2.05) is 24.3 Å². The van der Waals surface area contributed by atoms with Crippen LogP contribution in [0.25, 0.3) is 0 Å². The first kappa shape index (κ1) is 15.8. The van der Waals surface area contributed by atoms with Crippen molar-refractivity contribution in [1.82, 2.24) is 5.32 Å². The van der Waals surface area contributed by atoms with Gasteiger partial charge in [0, 0.05) is 17.1 Å². The average Bonchev–Trinajstić information content (AvgIpc) is 2.25. The molecule has 0 atom stereocenters. The molecule has 0 aliphatic heterocycles. The third-order valence-electron chi connectivity index (χ3n) is 2.15. The fourth-order valence-corrected chi connectivity index (χ4v) is 1.36. The van der Waals surface area contributed by atoms with Crippen LogP contribution in [0.1, 0.15) is 12.0 Å². The maximum Gasteiger partial charge on any atom is 0.220 e. The van der Waals surface area contributed by atoms with Crippen molar-refractivity contribution in [3.8, 4) is 0 Å². The minimum Gasteiger partial charge on any atom is -0.399 e. The minimum absolute atomic E-state index is 0. The summed E-state index contributed by atoms with van der Waals surface area (Å²) in [6.07, 6.45) is 1.03. The minimum atomic E-state index is -0.0509. The van der Waals surface area contributed by atoms with Gasteiger partial charge in [-0.1, -0.05) is 36.4 Å². The lowest BCUT2D eigenvalue weighted by atomic mass is 10.1. The Morgan fingerprint density at radius 3 is 2.65 bits per heavy atom. The number of hydrogen-bond acceptors (Lipinski definition) is 2. The molecule has 0 aliphatic rings. The van der Waals surface area contributed by atoms with Gasteiger partial charge in [-0.05, 0) is 18.1 Å². The monoisotopic (exact) mass is 274 g/mol. The number of amides is 1. The predicted molar refractivity (Wildman–Crippen MR) is 74.4 cm³/mol. The van der Waals surface area contributed by atoms with Crippen molar-refractivity contribution >= 4 is 35.6 Å². The Bertz CT molecular complexity index is 394. The van der Waals surface area contributed by atoms with Gasteiger partial charge < -0.3 is 11.1 Å². The maximum absolute atomic E-state index is 11.4. The molecule has 0 heterocycles. The van der Waals surface area contributed by atoms with Gasteiger partial charge in [-0.3, -0.25) is 4.79 Å². The van der Waals surface area contributed by atoms with Gasteiger partial charge in [0.15, 0.2) is 0 Å². The van der Waals surface area contributed by atoms with E-state index in [9.17, 15) is 4.79 Å². The Hall–Kier alpha value is -1.19. The van der Waals surface area contributed by atoms with Gasteiger partial charge in [0.25, 0.3) is 0 Å². The highest BCUT2D eigenvalue weighted by molar-refractivity contribution is 6.29. The number of halogens is 2. The van der Waals surface area contributed by atoms with Crippen molar-refractivity contribution in [2.45, 2.75) is 12.8 Å². The second-order valence-electron chi connectivity index (χ2n) is 3.49. The van der Waals surface area contributed by atoms with Crippen LogP contribution in [0.3, 0.4) is 0 Å². The van der Waals surface area contributed by atoms with Gasteiger partial charge in [0.05, 0.1) is 6.54 Å². The zero-order chi connectivity index (χ0) is 12.0. The van der Waals surface area contributed by atoms with Crippen molar-refractivity contribution in [1.29, 1.82) is 0 Å². The molecule has 5 heteroatoms. The van der Waals surface area contributed by atoms with E-state index < -0.39 is 0 Å². The summed E-state index contributed by atoms with van der Waals surface area (Å²) in [5.74, 6) is -0.0509. The molecule has 0 saturated carbocycles. The Morgan fingerprint density at radius 2 is 2.06 bits per heavy atom. The van der Waals surface area contributed by atoms with Gasteiger partial charge in [-0.25, -0.2) is 0 Å². The number of benzene rings is 1. The SMILES string of the molecule is C=C(Cl)CNC(=O)CCc1ccccc1N.Cl. The van der Waals surface area contributed by atoms with Crippen molar-refractivity contribution in [2.75, 3.05) is 12.3 Å². The number of rotatable bonds is 5. The molecule has 1 amide bonds. The summed E-state index contributed by atoms with van der Waals surface area (Å²) in [5, 5.41) is 3.08. The largest absolute Gasteiger partial charge is 0.399 e. The van der Waals surface area contributed by atoms with Crippen LogP contribution in [-0.4, -0.2) is 12.5 Å². The fraction of sp³-hybridized carbons (Fsp3) is 0.250. The number of carbonyl (C=O) groups is 1. The average molecular weight is 275 g/mol. The molecular weight excluding hydrogens is 259 g/mol. The van der Waals surface area contributed by atoms with Crippen molar-refractivity contribution in [3.63, 3.8) is 0 Å². The first-order valence-electron chi connectivity index (χ1n) is 5.03. The summed E-state index contributed by atoms with van der Waals surface area (Å²) in [6, 6.07) is 7.53. The molecule has 0 bridgehead atoms. The number of anilines is 1. The van der Waals surface area contributed by atoms with Crippen LogP contribution >= 0.6 is 24.0 Å². The second kappa shape index (κ2) is 7.98. The number of carbonyl (C=O) groups excluding carboxylic acids is 1. The summed E-state index contributed by atoms with van der Waals surface area (Å²) in [7, 11) is 0. The molecule has 0 radical (unpaired) electrons. The quantitative estimate of drug-likeness (QED) is 0.811. The number of hydrogen-bond donors (Lipinski definition) is 2.